The zero-order valence-corrected chi connectivity index (χ0v) is 13.4. The van der Waals surface area contributed by atoms with Crippen molar-refractivity contribution >= 4 is 0 Å². The average Bonchev–Trinajstić information content (AvgIpc) is 2.58. The fourth-order valence-electron chi connectivity index (χ4n) is 2.76. The molecule has 0 aliphatic carbocycles. The maximum Gasteiger partial charge on any atom is 0.229 e. The maximum atomic E-state index is 10.0. The molecule has 0 bridgehead atoms. The predicted molar refractivity (Wildman–Crippen MR) is 82.4 cm³/mol. The van der Waals surface area contributed by atoms with E-state index in [0.717, 1.165) is 6.42 Å². The van der Waals surface area contributed by atoms with Crippen LogP contribution < -0.4 is 4.74 Å². The zero-order chi connectivity index (χ0) is 17.9. The van der Waals surface area contributed by atoms with E-state index in [2.05, 4.69) is 0 Å². The van der Waals surface area contributed by atoms with Gasteiger partial charge < -0.3 is 40.1 Å². The molecule has 24 heavy (non-hydrogen) atoms. The number of phenols is 1. The minimum absolute atomic E-state index is 0.0297. The summed E-state index contributed by atoms with van der Waals surface area (Å²) in [7, 11) is 0. The molecule has 1 aliphatic rings. The first-order chi connectivity index (χ1) is 11.4. The molecule has 1 aromatic carbocycles. The lowest BCUT2D eigenvalue weighted by Gasteiger charge is -2.39. The number of aromatic hydroxyl groups is 1. The van der Waals surface area contributed by atoms with Crippen LogP contribution in [0.15, 0.2) is 12.1 Å². The summed E-state index contributed by atoms with van der Waals surface area (Å²) in [6.45, 7) is 0.969. The predicted octanol–water partition coefficient (Wildman–Crippen LogP) is -0.984. The van der Waals surface area contributed by atoms with Crippen LogP contribution in [-0.2, 0) is 17.8 Å². The molecule has 8 nitrogen and oxygen atoms in total. The van der Waals surface area contributed by atoms with Gasteiger partial charge in [0.15, 0.2) is 0 Å². The highest BCUT2D eigenvalue weighted by molar-refractivity contribution is 5.48. The first kappa shape index (κ1) is 18.9. The van der Waals surface area contributed by atoms with Crippen LogP contribution in [0.1, 0.15) is 24.5 Å². The summed E-state index contributed by atoms with van der Waals surface area (Å²) in [5.74, 6) is 0.213. The summed E-state index contributed by atoms with van der Waals surface area (Å²) in [4.78, 5) is 0. The Morgan fingerprint density at radius 1 is 1.04 bits per heavy atom. The van der Waals surface area contributed by atoms with Gasteiger partial charge in [-0.15, -0.1) is 0 Å². The Hall–Kier alpha value is -1.42. The van der Waals surface area contributed by atoms with Crippen LogP contribution in [0.3, 0.4) is 0 Å². The second-order valence-electron chi connectivity index (χ2n) is 5.76. The standard InChI is InChI=1S/C16H24O8/c1-2-3-8-9(6-17)11(5-4-10(8)19)23-16-15(22)14(21)13(20)12(7-18)24-16/h4-5,12-22H,2-3,6-7H2,1H3/t12-,13+,14+,15-,16-/m0/s1. The summed E-state index contributed by atoms with van der Waals surface area (Å²) in [5, 5.41) is 58.3. The SMILES string of the molecule is CCCc1c(O)ccc(O[C@H]2O[C@@H](CO)[C@@H](O)[C@@H](O)[C@@H]2O)c1CO. The van der Waals surface area contributed by atoms with Gasteiger partial charge in [-0.1, -0.05) is 13.3 Å². The van der Waals surface area contributed by atoms with E-state index in [1.807, 2.05) is 6.92 Å². The van der Waals surface area contributed by atoms with Crippen LogP contribution in [-0.4, -0.2) is 68.0 Å². The topological polar surface area (TPSA) is 140 Å². The number of phenolic OH excluding ortho intramolecular Hbond substituents is 1. The van der Waals surface area contributed by atoms with Crippen molar-refractivity contribution in [2.75, 3.05) is 6.61 Å². The fourth-order valence-corrected chi connectivity index (χ4v) is 2.76. The van der Waals surface area contributed by atoms with Crippen molar-refractivity contribution in [2.24, 2.45) is 0 Å². The van der Waals surface area contributed by atoms with E-state index in [0.29, 0.717) is 17.5 Å². The first-order valence-corrected chi connectivity index (χ1v) is 7.86. The Kier molecular flexibility index (Phi) is 6.39. The Morgan fingerprint density at radius 2 is 1.75 bits per heavy atom. The highest BCUT2D eigenvalue weighted by Crippen LogP contribution is 2.33. The van der Waals surface area contributed by atoms with Crippen LogP contribution >= 0.6 is 0 Å². The fraction of sp³-hybridized carbons (Fsp3) is 0.625. The van der Waals surface area contributed by atoms with Crippen molar-refractivity contribution < 1.29 is 40.1 Å². The Balaban J connectivity index is 2.28. The van der Waals surface area contributed by atoms with E-state index >= 15 is 0 Å². The molecule has 6 N–H and O–H groups in total. The van der Waals surface area contributed by atoms with Crippen molar-refractivity contribution in [2.45, 2.75) is 57.1 Å². The maximum absolute atomic E-state index is 10.0. The lowest BCUT2D eigenvalue weighted by Crippen LogP contribution is -2.60. The van der Waals surface area contributed by atoms with E-state index in [9.17, 15) is 30.6 Å². The molecule has 1 aromatic rings. The number of aliphatic hydroxyl groups is 5. The molecule has 0 spiro atoms. The zero-order valence-electron chi connectivity index (χ0n) is 13.4. The number of hydrogen-bond donors (Lipinski definition) is 6. The summed E-state index contributed by atoms with van der Waals surface area (Å²) < 4.78 is 10.8. The van der Waals surface area contributed by atoms with Gasteiger partial charge in [0.25, 0.3) is 0 Å². The molecule has 5 atom stereocenters. The third-order valence-corrected chi connectivity index (χ3v) is 4.11. The lowest BCUT2D eigenvalue weighted by atomic mass is 9.99. The summed E-state index contributed by atoms with van der Waals surface area (Å²) in [6, 6.07) is 2.82. The quantitative estimate of drug-likeness (QED) is 0.387. The van der Waals surface area contributed by atoms with Crippen molar-refractivity contribution in [3.05, 3.63) is 23.3 Å². The molecule has 1 saturated heterocycles. The molecule has 136 valence electrons. The van der Waals surface area contributed by atoms with Crippen LogP contribution in [0, 0.1) is 0 Å². The van der Waals surface area contributed by atoms with Gasteiger partial charge >= 0.3 is 0 Å². The van der Waals surface area contributed by atoms with Crippen LogP contribution in [0.25, 0.3) is 0 Å². The molecule has 1 fully saturated rings. The number of ether oxygens (including phenoxy) is 2. The third-order valence-electron chi connectivity index (χ3n) is 4.11. The van der Waals surface area contributed by atoms with E-state index in [-0.39, 0.29) is 11.5 Å². The van der Waals surface area contributed by atoms with E-state index < -0.39 is 43.9 Å². The summed E-state index contributed by atoms with van der Waals surface area (Å²) in [5.41, 5.74) is 0.885. The van der Waals surface area contributed by atoms with Gasteiger partial charge in [0.05, 0.1) is 13.2 Å². The van der Waals surface area contributed by atoms with E-state index in [1.165, 1.54) is 12.1 Å². The van der Waals surface area contributed by atoms with E-state index in [1.54, 1.807) is 0 Å². The molecule has 0 saturated carbocycles. The first-order valence-electron chi connectivity index (χ1n) is 7.86. The summed E-state index contributed by atoms with van der Waals surface area (Å²) >= 11 is 0. The highest BCUT2D eigenvalue weighted by atomic mass is 16.7. The number of benzene rings is 1. The Labute approximate surface area is 139 Å². The molecule has 8 heteroatoms. The van der Waals surface area contributed by atoms with Gasteiger partial charge in [-0.25, -0.2) is 0 Å². The Morgan fingerprint density at radius 3 is 2.33 bits per heavy atom. The lowest BCUT2D eigenvalue weighted by molar-refractivity contribution is -0.277. The molecule has 2 rings (SSSR count). The second-order valence-corrected chi connectivity index (χ2v) is 5.76. The normalized spacial score (nSPS) is 30.3. The van der Waals surface area contributed by atoms with Crippen LogP contribution in [0.5, 0.6) is 11.5 Å². The van der Waals surface area contributed by atoms with Gasteiger partial charge in [0.2, 0.25) is 6.29 Å². The van der Waals surface area contributed by atoms with Crippen molar-refractivity contribution in [1.82, 2.24) is 0 Å². The van der Waals surface area contributed by atoms with Crippen molar-refractivity contribution in [3.63, 3.8) is 0 Å². The molecule has 1 aliphatic heterocycles. The van der Waals surface area contributed by atoms with E-state index in [4.69, 9.17) is 9.47 Å². The molecule has 0 radical (unpaired) electrons. The molecule has 0 aromatic heterocycles. The largest absolute Gasteiger partial charge is 0.508 e. The molecular formula is C16H24O8. The minimum atomic E-state index is -1.55. The van der Waals surface area contributed by atoms with Gasteiger partial charge in [-0.3, -0.25) is 0 Å². The van der Waals surface area contributed by atoms with Gasteiger partial charge in [-0.2, -0.15) is 0 Å². The van der Waals surface area contributed by atoms with Crippen molar-refractivity contribution in [3.8, 4) is 11.5 Å². The monoisotopic (exact) mass is 344 g/mol. The Bertz CT molecular complexity index is 547. The molecule has 0 amide bonds. The van der Waals surface area contributed by atoms with Gasteiger partial charge in [0, 0.05) is 11.1 Å². The molecular weight excluding hydrogens is 320 g/mol. The van der Waals surface area contributed by atoms with Gasteiger partial charge in [0.1, 0.15) is 35.9 Å². The van der Waals surface area contributed by atoms with Crippen LogP contribution in [0.2, 0.25) is 0 Å². The number of aliphatic hydroxyl groups excluding tert-OH is 5. The molecule has 1 heterocycles. The average molecular weight is 344 g/mol. The molecule has 0 unspecified atom stereocenters. The van der Waals surface area contributed by atoms with Crippen LogP contribution in [0.4, 0.5) is 0 Å². The third kappa shape index (κ3) is 3.64. The van der Waals surface area contributed by atoms with Gasteiger partial charge in [-0.05, 0) is 18.6 Å². The number of rotatable bonds is 6. The second kappa shape index (κ2) is 8.11. The van der Waals surface area contributed by atoms with Crippen molar-refractivity contribution in [1.29, 1.82) is 0 Å². The smallest absolute Gasteiger partial charge is 0.229 e. The minimum Gasteiger partial charge on any atom is -0.508 e. The number of hydrogen-bond acceptors (Lipinski definition) is 8. The highest BCUT2D eigenvalue weighted by Gasteiger charge is 2.44. The summed E-state index contributed by atoms with van der Waals surface area (Å²) in [6.07, 6.45) is -5.73.